The summed E-state index contributed by atoms with van der Waals surface area (Å²) in [6.45, 7) is 2.97. The van der Waals surface area contributed by atoms with E-state index in [-0.39, 0.29) is 5.75 Å². The topological polar surface area (TPSA) is 95.9 Å². The molecule has 0 spiro atoms. The van der Waals surface area contributed by atoms with Gasteiger partial charge in [-0.2, -0.15) is 12.6 Å². The fourth-order valence-electron chi connectivity index (χ4n) is 4.53. The van der Waals surface area contributed by atoms with Crippen LogP contribution < -0.4 is 5.32 Å². The lowest BCUT2D eigenvalue weighted by atomic mass is 9.91. The van der Waals surface area contributed by atoms with Crippen LogP contribution in [-0.4, -0.2) is 65.4 Å². The summed E-state index contributed by atoms with van der Waals surface area (Å²) in [6.07, 6.45) is 15.6. The highest BCUT2D eigenvalue weighted by Gasteiger charge is 2.33. The molecule has 0 aromatic heterocycles. The predicted octanol–water partition coefficient (Wildman–Crippen LogP) is 4.05. The van der Waals surface area contributed by atoms with Gasteiger partial charge in [0, 0.05) is 23.8 Å². The van der Waals surface area contributed by atoms with Gasteiger partial charge in [0.25, 0.3) is 0 Å². The Bertz CT molecular complexity index is 547. The number of esters is 1. The highest BCUT2D eigenvalue weighted by atomic mass is 32.1. The lowest BCUT2D eigenvalue weighted by molar-refractivity contribution is -0.157. The van der Waals surface area contributed by atoms with Crippen molar-refractivity contribution in [1.29, 1.82) is 0 Å². The maximum atomic E-state index is 12.2. The van der Waals surface area contributed by atoms with Gasteiger partial charge in [-0.05, 0) is 32.1 Å². The monoisotopic (exact) mass is 472 g/mol. The zero-order valence-corrected chi connectivity index (χ0v) is 21.1. The van der Waals surface area contributed by atoms with Crippen LogP contribution in [-0.2, 0) is 19.1 Å². The lowest BCUT2D eigenvalue weighted by Gasteiger charge is -2.30. The Morgan fingerprint density at radius 3 is 1.91 bits per heavy atom. The zero-order valence-electron chi connectivity index (χ0n) is 20.2. The fraction of sp³-hybridized carbons (Fsp3) is 0.875. The highest BCUT2D eigenvalue weighted by molar-refractivity contribution is 7.80. The van der Waals surface area contributed by atoms with E-state index in [2.05, 4.69) is 22.7 Å². The molecule has 0 saturated heterocycles. The maximum Gasteiger partial charge on any atom is 0.328 e. The van der Waals surface area contributed by atoms with Crippen molar-refractivity contribution in [2.75, 3.05) is 19.4 Å². The Morgan fingerprint density at radius 2 is 1.53 bits per heavy atom. The Labute approximate surface area is 199 Å². The first-order valence-electron chi connectivity index (χ1n) is 12.3. The van der Waals surface area contributed by atoms with E-state index >= 15 is 0 Å². The normalized spacial score (nSPS) is 19.2. The zero-order chi connectivity index (χ0) is 23.9. The SMILES string of the molecule is C1CCC(NC2CCCCC2)CC1.CCC[C@H](C(=O)OC)N(CC(=O)O)C(=O)[C@H](C)CS. The number of thiol groups is 1. The van der Waals surface area contributed by atoms with Gasteiger partial charge in [-0.25, -0.2) is 4.79 Å². The van der Waals surface area contributed by atoms with Crippen molar-refractivity contribution in [3.8, 4) is 0 Å². The number of carbonyl (C=O) groups is 3. The molecule has 0 aromatic carbocycles. The molecule has 2 atom stereocenters. The van der Waals surface area contributed by atoms with Gasteiger partial charge in [0.05, 0.1) is 7.11 Å². The minimum Gasteiger partial charge on any atom is -0.480 e. The van der Waals surface area contributed by atoms with Crippen LogP contribution in [0.25, 0.3) is 0 Å². The number of methoxy groups -OCH3 is 1. The van der Waals surface area contributed by atoms with Crippen molar-refractivity contribution in [3.63, 3.8) is 0 Å². The van der Waals surface area contributed by atoms with Crippen LogP contribution in [0, 0.1) is 5.92 Å². The van der Waals surface area contributed by atoms with Crippen molar-refractivity contribution in [2.45, 2.75) is 109 Å². The molecule has 8 heteroatoms. The molecule has 0 unspecified atom stereocenters. The van der Waals surface area contributed by atoms with E-state index in [1.807, 2.05) is 6.92 Å². The minimum absolute atomic E-state index is 0.287. The lowest BCUT2D eigenvalue weighted by Crippen LogP contribution is -2.50. The van der Waals surface area contributed by atoms with E-state index in [1.54, 1.807) is 6.92 Å². The number of hydrogen-bond donors (Lipinski definition) is 3. The van der Waals surface area contributed by atoms with E-state index in [9.17, 15) is 14.4 Å². The maximum absolute atomic E-state index is 12.2. The van der Waals surface area contributed by atoms with Gasteiger partial charge >= 0.3 is 11.9 Å². The Kier molecular flexibility index (Phi) is 14.7. The summed E-state index contributed by atoms with van der Waals surface area (Å²) in [5, 5.41) is 12.8. The average Bonchev–Trinajstić information content (AvgIpc) is 2.81. The molecule has 0 bridgehead atoms. The third-order valence-electron chi connectivity index (χ3n) is 6.38. The quantitative estimate of drug-likeness (QED) is 0.328. The molecule has 7 nitrogen and oxygen atoms in total. The number of hydrogen-bond acceptors (Lipinski definition) is 6. The number of nitrogens with zero attached hydrogens (tertiary/aromatic N) is 1. The molecule has 186 valence electrons. The number of aliphatic carboxylic acids is 1. The number of carboxylic acid groups (broad SMARTS) is 1. The fourth-order valence-corrected chi connectivity index (χ4v) is 4.69. The van der Waals surface area contributed by atoms with Crippen molar-refractivity contribution in [2.24, 2.45) is 5.92 Å². The van der Waals surface area contributed by atoms with Crippen LogP contribution in [0.1, 0.15) is 90.9 Å². The third-order valence-corrected chi connectivity index (χ3v) is 6.93. The number of rotatable bonds is 10. The molecule has 0 aromatic rings. The van der Waals surface area contributed by atoms with Crippen LogP contribution in [0.3, 0.4) is 0 Å². The first-order valence-corrected chi connectivity index (χ1v) is 12.9. The second-order valence-electron chi connectivity index (χ2n) is 9.11. The molecule has 2 N–H and O–H groups in total. The van der Waals surface area contributed by atoms with Gasteiger partial charge in [0.1, 0.15) is 12.6 Å². The van der Waals surface area contributed by atoms with Gasteiger partial charge < -0.3 is 20.1 Å². The molecule has 2 aliphatic carbocycles. The minimum atomic E-state index is -1.16. The number of ether oxygens (including phenoxy) is 1. The number of carboxylic acids is 1. The number of amides is 1. The highest BCUT2D eigenvalue weighted by Crippen LogP contribution is 2.22. The van der Waals surface area contributed by atoms with Crippen molar-refractivity contribution >= 4 is 30.5 Å². The molecule has 0 radical (unpaired) electrons. The van der Waals surface area contributed by atoms with Gasteiger partial charge in [-0.1, -0.05) is 58.8 Å². The van der Waals surface area contributed by atoms with Crippen LogP contribution in [0.5, 0.6) is 0 Å². The van der Waals surface area contributed by atoms with E-state index < -0.39 is 36.4 Å². The molecular weight excluding hydrogens is 428 g/mol. The molecule has 0 aliphatic heterocycles. The summed E-state index contributed by atoms with van der Waals surface area (Å²) in [5.74, 6) is -2.32. The van der Waals surface area contributed by atoms with Gasteiger partial charge in [-0.15, -0.1) is 0 Å². The molecular formula is C24H44N2O5S. The summed E-state index contributed by atoms with van der Waals surface area (Å²) in [5.41, 5.74) is 0. The van der Waals surface area contributed by atoms with Crippen LogP contribution >= 0.6 is 12.6 Å². The Hall–Kier alpha value is -1.28. The van der Waals surface area contributed by atoms with E-state index in [0.717, 1.165) is 17.0 Å². The second-order valence-corrected chi connectivity index (χ2v) is 9.47. The van der Waals surface area contributed by atoms with Gasteiger partial charge in [0.2, 0.25) is 5.91 Å². The summed E-state index contributed by atoms with van der Waals surface area (Å²) in [6, 6.07) is 0.884. The first-order chi connectivity index (χ1) is 15.3. The summed E-state index contributed by atoms with van der Waals surface area (Å²) in [4.78, 5) is 35.8. The number of carbonyl (C=O) groups excluding carboxylic acids is 2. The Balaban J connectivity index is 0.000000339. The predicted molar refractivity (Wildman–Crippen MR) is 130 cm³/mol. The largest absolute Gasteiger partial charge is 0.480 e. The molecule has 2 rings (SSSR count). The van der Waals surface area contributed by atoms with Gasteiger partial charge in [-0.3, -0.25) is 9.59 Å². The average molecular weight is 473 g/mol. The third kappa shape index (κ3) is 10.6. The molecule has 1 amide bonds. The van der Waals surface area contributed by atoms with E-state index in [0.29, 0.717) is 12.8 Å². The molecule has 32 heavy (non-hydrogen) atoms. The standard InChI is InChI=1S/C12H21NO5S.C12H23N/c1-4-5-9(12(17)18-3)13(6-10(14)15)11(16)8(2)7-19;1-3-7-11(8-4-1)13-12-9-5-2-6-10-12/h8-9,19H,4-7H2,1-3H3,(H,14,15);11-13H,1-10H2/t8-,9-;/m1./s1. The van der Waals surface area contributed by atoms with Crippen LogP contribution in [0.2, 0.25) is 0 Å². The smallest absolute Gasteiger partial charge is 0.328 e. The molecule has 2 fully saturated rings. The van der Waals surface area contributed by atoms with Gasteiger partial charge in [0.15, 0.2) is 0 Å². The van der Waals surface area contributed by atoms with Crippen molar-refractivity contribution in [3.05, 3.63) is 0 Å². The van der Waals surface area contributed by atoms with E-state index in [4.69, 9.17) is 5.11 Å². The van der Waals surface area contributed by atoms with Crippen molar-refractivity contribution in [1.82, 2.24) is 10.2 Å². The number of nitrogens with one attached hydrogen (secondary N) is 1. The summed E-state index contributed by atoms with van der Waals surface area (Å²) >= 11 is 4.02. The molecule has 0 heterocycles. The van der Waals surface area contributed by atoms with Crippen LogP contribution in [0.15, 0.2) is 0 Å². The van der Waals surface area contributed by atoms with Crippen molar-refractivity contribution < 1.29 is 24.2 Å². The summed E-state index contributed by atoms with van der Waals surface area (Å²) < 4.78 is 4.65. The Morgan fingerprint density at radius 1 is 1.03 bits per heavy atom. The summed E-state index contributed by atoms with van der Waals surface area (Å²) in [7, 11) is 1.22. The van der Waals surface area contributed by atoms with Crippen LogP contribution in [0.4, 0.5) is 0 Å². The first kappa shape index (κ1) is 28.8. The second kappa shape index (κ2) is 16.4. The molecule has 2 aliphatic rings. The van der Waals surface area contributed by atoms with E-state index in [1.165, 1.54) is 71.3 Å². The molecule has 2 saturated carbocycles.